The van der Waals surface area contributed by atoms with Crippen LogP contribution in [0.15, 0.2) is 158 Å². The molecule has 0 saturated heterocycles. The van der Waals surface area contributed by atoms with E-state index >= 15 is 0 Å². The molecule has 468 valence electrons. The summed E-state index contributed by atoms with van der Waals surface area (Å²) in [7, 11) is 0. The summed E-state index contributed by atoms with van der Waals surface area (Å²) < 4.78 is 16.9. The average Bonchev–Trinajstić information content (AvgIpc) is 3.49. The largest absolute Gasteiger partial charge is 0.462 e. The Morgan fingerprint density at radius 2 is 0.482 bits per heavy atom. The summed E-state index contributed by atoms with van der Waals surface area (Å²) in [6.45, 7) is 6.36. The fraction of sp³-hybridized carbons (Fsp3) is 0.623. The second kappa shape index (κ2) is 69.5. The summed E-state index contributed by atoms with van der Waals surface area (Å²) in [6.07, 6.45) is 101. The molecule has 0 aromatic rings. The Bertz CT molecular complexity index is 1840. The van der Waals surface area contributed by atoms with Crippen molar-refractivity contribution in [1.82, 2.24) is 0 Å². The summed E-state index contributed by atoms with van der Waals surface area (Å²) in [4.78, 5) is 38.4. The molecule has 0 aromatic carbocycles. The molecule has 6 nitrogen and oxygen atoms in total. The quantitative estimate of drug-likeness (QED) is 0.0261. The van der Waals surface area contributed by atoms with Gasteiger partial charge in [-0.3, -0.25) is 14.4 Å². The number of carbonyl (C=O) groups excluding carboxylic acids is 3. The van der Waals surface area contributed by atoms with E-state index in [0.717, 1.165) is 141 Å². The molecule has 1 unspecified atom stereocenters. The van der Waals surface area contributed by atoms with Crippen molar-refractivity contribution in [3.63, 3.8) is 0 Å². The summed E-state index contributed by atoms with van der Waals surface area (Å²) in [5.74, 6) is -0.992. The number of hydrogen-bond acceptors (Lipinski definition) is 6. The molecule has 0 aromatic heterocycles. The highest BCUT2D eigenvalue weighted by molar-refractivity contribution is 5.71. The highest BCUT2D eigenvalue weighted by Gasteiger charge is 2.19. The van der Waals surface area contributed by atoms with Gasteiger partial charge in [0.1, 0.15) is 13.2 Å². The first-order valence-corrected chi connectivity index (χ1v) is 34.0. The Hall–Kier alpha value is -4.97. The monoisotopic (exact) mass is 1140 g/mol. The second-order valence-corrected chi connectivity index (χ2v) is 22.0. The topological polar surface area (TPSA) is 78.9 Å². The number of carbonyl (C=O) groups is 3. The van der Waals surface area contributed by atoms with Gasteiger partial charge < -0.3 is 14.2 Å². The number of hydrogen-bond donors (Lipinski definition) is 0. The van der Waals surface area contributed by atoms with Gasteiger partial charge in [0, 0.05) is 19.3 Å². The van der Waals surface area contributed by atoms with Crippen LogP contribution in [0.2, 0.25) is 0 Å². The van der Waals surface area contributed by atoms with E-state index in [9.17, 15) is 14.4 Å². The van der Waals surface area contributed by atoms with Crippen molar-refractivity contribution in [2.75, 3.05) is 13.2 Å². The van der Waals surface area contributed by atoms with Crippen LogP contribution < -0.4 is 0 Å². The van der Waals surface area contributed by atoms with Crippen LogP contribution in [-0.2, 0) is 28.6 Å². The van der Waals surface area contributed by atoms with Crippen LogP contribution in [0.5, 0.6) is 0 Å². The third-order valence-corrected chi connectivity index (χ3v) is 14.0. The standard InChI is InChI=1S/C77H124O6/c1-4-7-10-13-16-19-22-25-28-31-33-34-35-36-37-38-39-40-41-42-44-46-49-52-55-58-61-64-67-70-76(79)82-73-74(72-81-75(78)69-66-63-60-57-54-51-48-45-30-27-24-21-18-15-12-9-6-3)83-77(80)71-68-65-62-59-56-53-50-47-43-32-29-26-23-20-17-14-11-8-5-2/h7,9-10,12,16,18-19,21,25,27-28,30,33-34,36-37,39-40,42,44,48-49,51-52,58,61,74H,4-6,8,11,13-15,17,20,22-24,26,29,31-32,35,38,41,43,45-47,50,53-57,59-60,62-73H2,1-3H3/b10-7-,12-9-,19-16-,21-18-,28-25-,30-27-,34-33-,37-36-,40-39-,44-42-,51-48-,52-49-,61-58-. The lowest BCUT2D eigenvalue weighted by atomic mass is 10.0. The fourth-order valence-electron chi connectivity index (χ4n) is 9.02. The first kappa shape index (κ1) is 78.0. The average molecular weight is 1150 g/mol. The zero-order valence-corrected chi connectivity index (χ0v) is 53.7. The van der Waals surface area contributed by atoms with E-state index in [4.69, 9.17) is 14.2 Å². The molecule has 0 fully saturated rings. The lowest BCUT2D eigenvalue weighted by Crippen LogP contribution is -2.30. The van der Waals surface area contributed by atoms with Crippen molar-refractivity contribution in [1.29, 1.82) is 0 Å². The molecule has 0 aliphatic carbocycles. The molecular formula is C77H124O6. The molecule has 0 aliphatic rings. The maximum Gasteiger partial charge on any atom is 0.306 e. The molecule has 0 bridgehead atoms. The maximum atomic E-state index is 12.9. The minimum absolute atomic E-state index is 0.113. The van der Waals surface area contributed by atoms with Crippen molar-refractivity contribution in [2.24, 2.45) is 0 Å². The van der Waals surface area contributed by atoms with Gasteiger partial charge in [-0.25, -0.2) is 0 Å². The van der Waals surface area contributed by atoms with Crippen LogP contribution in [0.4, 0.5) is 0 Å². The molecule has 0 heterocycles. The molecule has 0 aliphatic heterocycles. The van der Waals surface area contributed by atoms with Gasteiger partial charge in [-0.1, -0.05) is 307 Å². The van der Waals surface area contributed by atoms with Crippen molar-refractivity contribution in [2.45, 2.75) is 297 Å². The predicted molar refractivity (Wildman–Crippen MR) is 362 cm³/mol. The molecule has 0 N–H and O–H groups in total. The Labute approximate surface area is 511 Å². The van der Waals surface area contributed by atoms with Gasteiger partial charge >= 0.3 is 17.9 Å². The number of unbranched alkanes of at least 4 members (excludes halogenated alkanes) is 23. The van der Waals surface area contributed by atoms with Gasteiger partial charge in [-0.15, -0.1) is 0 Å². The van der Waals surface area contributed by atoms with Crippen LogP contribution >= 0.6 is 0 Å². The SMILES string of the molecule is CC/C=C\C/C=C\C/C=C\C/C=C\C/C=C\C/C=C\C/C=C\C/C=C\C/C=C\CCCC(=O)OCC(COC(=O)CCCCCC/C=C\C/C=C\C/C=C\C/C=C\CC)OC(=O)CCCCCCCCCCCCCCCCCCCCC. The Balaban J connectivity index is 4.50. The van der Waals surface area contributed by atoms with E-state index in [1.165, 1.54) is 103 Å². The summed E-state index contributed by atoms with van der Waals surface area (Å²) in [5, 5.41) is 0. The third kappa shape index (κ3) is 67.7. The number of allylic oxidation sites excluding steroid dienone is 26. The van der Waals surface area contributed by atoms with Gasteiger partial charge in [0.25, 0.3) is 0 Å². The molecule has 1 atom stereocenters. The zero-order chi connectivity index (χ0) is 59.9. The van der Waals surface area contributed by atoms with Crippen LogP contribution in [0.1, 0.15) is 290 Å². The van der Waals surface area contributed by atoms with Crippen molar-refractivity contribution in [3.8, 4) is 0 Å². The van der Waals surface area contributed by atoms with Crippen LogP contribution in [0.25, 0.3) is 0 Å². The smallest absolute Gasteiger partial charge is 0.306 e. The first-order valence-electron chi connectivity index (χ1n) is 34.0. The van der Waals surface area contributed by atoms with E-state index in [0.29, 0.717) is 19.3 Å². The Morgan fingerprint density at radius 3 is 0.783 bits per heavy atom. The second-order valence-electron chi connectivity index (χ2n) is 22.0. The molecule has 0 saturated carbocycles. The number of esters is 3. The molecular weight excluding hydrogens is 1020 g/mol. The Kier molecular flexibility index (Phi) is 65.4. The van der Waals surface area contributed by atoms with E-state index < -0.39 is 6.10 Å². The molecule has 0 spiro atoms. The highest BCUT2D eigenvalue weighted by Crippen LogP contribution is 2.16. The highest BCUT2D eigenvalue weighted by atomic mass is 16.6. The van der Waals surface area contributed by atoms with E-state index in [1.807, 2.05) is 0 Å². The van der Waals surface area contributed by atoms with Crippen molar-refractivity contribution >= 4 is 17.9 Å². The van der Waals surface area contributed by atoms with Crippen LogP contribution in [0.3, 0.4) is 0 Å². The molecule has 83 heavy (non-hydrogen) atoms. The van der Waals surface area contributed by atoms with Crippen LogP contribution in [-0.4, -0.2) is 37.2 Å². The van der Waals surface area contributed by atoms with Crippen molar-refractivity contribution < 1.29 is 28.6 Å². The van der Waals surface area contributed by atoms with Gasteiger partial charge in [0.2, 0.25) is 0 Å². The van der Waals surface area contributed by atoms with Gasteiger partial charge in [-0.05, 0) is 122 Å². The Morgan fingerprint density at radius 1 is 0.253 bits per heavy atom. The zero-order valence-electron chi connectivity index (χ0n) is 53.7. The maximum absolute atomic E-state index is 12.9. The van der Waals surface area contributed by atoms with E-state index in [2.05, 4.69) is 179 Å². The lowest BCUT2D eigenvalue weighted by molar-refractivity contribution is -0.167. The van der Waals surface area contributed by atoms with E-state index in [-0.39, 0.29) is 37.5 Å². The molecule has 6 heteroatoms. The van der Waals surface area contributed by atoms with Gasteiger partial charge in [0.15, 0.2) is 6.10 Å². The van der Waals surface area contributed by atoms with E-state index in [1.54, 1.807) is 0 Å². The van der Waals surface area contributed by atoms with Crippen LogP contribution in [0, 0.1) is 0 Å². The normalized spacial score (nSPS) is 13.1. The number of ether oxygens (including phenoxy) is 3. The first-order chi connectivity index (χ1) is 41.0. The third-order valence-electron chi connectivity index (χ3n) is 14.0. The minimum atomic E-state index is -0.819. The minimum Gasteiger partial charge on any atom is -0.462 e. The van der Waals surface area contributed by atoms with Gasteiger partial charge in [0.05, 0.1) is 0 Å². The molecule has 0 rings (SSSR count). The predicted octanol–water partition coefficient (Wildman–Crippen LogP) is 23.7. The summed E-state index contributed by atoms with van der Waals surface area (Å²) in [6, 6.07) is 0. The van der Waals surface area contributed by atoms with Crippen molar-refractivity contribution in [3.05, 3.63) is 158 Å². The lowest BCUT2D eigenvalue weighted by Gasteiger charge is -2.18. The summed E-state index contributed by atoms with van der Waals surface area (Å²) in [5.41, 5.74) is 0. The van der Waals surface area contributed by atoms with Gasteiger partial charge in [-0.2, -0.15) is 0 Å². The fourth-order valence-corrected chi connectivity index (χ4v) is 9.02. The summed E-state index contributed by atoms with van der Waals surface area (Å²) >= 11 is 0. The number of rotatable bonds is 60. The molecule has 0 amide bonds. The molecule has 0 radical (unpaired) electrons.